The minimum absolute atomic E-state index is 0.263. The quantitative estimate of drug-likeness (QED) is 0.817. The van der Waals surface area contributed by atoms with Gasteiger partial charge in [-0.15, -0.1) is 0 Å². The van der Waals surface area contributed by atoms with Gasteiger partial charge >= 0.3 is 0 Å². The smallest absolute Gasteiger partial charge is 0.222 e. The largest absolute Gasteiger partial charge is 0.343 e. The lowest BCUT2D eigenvalue weighted by atomic mass is 10.1. The van der Waals surface area contributed by atoms with Crippen molar-refractivity contribution < 1.29 is 4.79 Å². The standard InChI is InChI=1S/C15H18N2O/c16-12-14-6-4-13(5-7-14)8-9-15(18)17-10-2-1-3-11-17/h4-7H,1-3,8-11H2. The van der Waals surface area contributed by atoms with Crippen LogP contribution in [0, 0.1) is 11.3 Å². The van der Waals surface area contributed by atoms with Crippen LogP contribution in [-0.4, -0.2) is 23.9 Å². The van der Waals surface area contributed by atoms with Gasteiger partial charge in [-0.25, -0.2) is 0 Å². The summed E-state index contributed by atoms with van der Waals surface area (Å²) in [7, 11) is 0. The van der Waals surface area contributed by atoms with Crippen LogP contribution in [0.1, 0.15) is 36.8 Å². The number of carbonyl (C=O) groups excluding carboxylic acids is 1. The zero-order valence-corrected chi connectivity index (χ0v) is 10.6. The third-order valence-corrected chi connectivity index (χ3v) is 3.42. The molecule has 94 valence electrons. The average Bonchev–Trinajstić information content (AvgIpc) is 2.46. The third-order valence-electron chi connectivity index (χ3n) is 3.42. The first kappa shape index (κ1) is 12.6. The maximum Gasteiger partial charge on any atom is 0.222 e. The fraction of sp³-hybridized carbons (Fsp3) is 0.467. The Labute approximate surface area is 108 Å². The lowest BCUT2D eigenvalue weighted by molar-refractivity contribution is -0.132. The molecule has 1 aromatic carbocycles. The molecule has 1 amide bonds. The van der Waals surface area contributed by atoms with Crippen LogP contribution >= 0.6 is 0 Å². The molecule has 0 spiro atoms. The molecule has 18 heavy (non-hydrogen) atoms. The molecule has 0 radical (unpaired) electrons. The molecule has 1 heterocycles. The van der Waals surface area contributed by atoms with Gasteiger partial charge in [-0.3, -0.25) is 4.79 Å². The molecule has 1 aliphatic rings. The van der Waals surface area contributed by atoms with Gasteiger partial charge in [-0.2, -0.15) is 5.26 Å². The molecular weight excluding hydrogens is 224 g/mol. The van der Waals surface area contributed by atoms with Crippen molar-refractivity contribution >= 4 is 5.91 Å². The molecular formula is C15H18N2O. The molecule has 3 nitrogen and oxygen atoms in total. The van der Waals surface area contributed by atoms with E-state index in [2.05, 4.69) is 6.07 Å². The molecule has 2 rings (SSSR count). The maximum absolute atomic E-state index is 12.0. The van der Waals surface area contributed by atoms with Crippen molar-refractivity contribution in [3.8, 4) is 6.07 Å². The van der Waals surface area contributed by atoms with E-state index < -0.39 is 0 Å². The van der Waals surface area contributed by atoms with Crippen molar-refractivity contribution in [2.75, 3.05) is 13.1 Å². The normalized spacial score (nSPS) is 15.2. The molecule has 0 N–H and O–H groups in total. The number of likely N-dealkylation sites (tertiary alicyclic amines) is 1. The fourth-order valence-electron chi connectivity index (χ4n) is 2.30. The van der Waals surface area contributed by atoms with E-state index in [0.29, 0.717) is 12.0 Å². The van der Waals surface area contributed by atoms with Crippen LogP contribution < -0.4 is 0 Å². The number of aryl methyl sites for hydroxylation is 1. The molecule has 0 atom stereocenters. The van der Waals surface area contributed by atoms with Gasteiger partial charge in [0, 0.05) is 19.5 Å². The van der Waals surface area contributed by atoms with Crippen molar-refractivity contribution in [2.45, 2.75) is 32.1 Å². The van der Waals surface area contributed by atoms with E-state index in [1.807, 2.05) is 17.0 Å². The van der Waals surface area contributed by atoms with Gasteiger partial charge in [-0.1, -0.05) is 12.1 Å². The first-order valence-corrected chi connectivity index (χ1v) is 6.56. The van der Waals surface area contributed by atoms with E-state index in [1.165, 1.54) is 6.42 Å². The highest BCUT2D eigenvalue weighted by atomic mass is 16.2. The Morgan fingerprint density at radius 1 is 1.17 bits per heavy atom. The minimum atomic E-state index is 0.263. The maximum atomic E-state index is 12.0. The second-order valence-electron chi connectivity index (χ2n) is 4.75. The van der Waals surface area contributed by atoms with Gasteiger partial charge in [0.2, 0.25) is 5.91 Å². The molecule has 0 saturated carbocycles. The van der Waals surface area contributed by atoms with Crippen LogP contribution in [0.25, 0.3) is 0 Å². The van der Waals surface area contributed by atoms with Gasteiger partial charge in [0.25, 0.3) is 0 Å². The van der Waals surface area contributed by atoms with Crippen molar-refractivity contribution in [3.63, 3.8) is 0 Å². The molecule has 0 aliphatic carbocycles. The lowest BCUT2D eigenvalue weighted by Crippen LogP contribution is -2.35. The molecule has 1 fully saturated rings. The fourth-order valence-corrected chi connectivity index (χ4v) is 2.30. The summed E-state index contributed by atoms with van der Waals surface area (Å²) >= 11 is 0. The van der Waals surface area contributed by atoms with E-state index in [-0.39, 0.29) is 5.91 Å². The number of carbonyl (C=O) groups is 1. The summed E-state index contributed by atoms with van der Waals surface area (Å²) in [4.78, 5) is 13.9. The van der Waals surface area contributed by atoms with E-state index in [4.69, 9.17) is 5.26 Å². The van der Waals surface area contributed by atoms with Crippen molar-refractivity contribution in [1.82, 2.24) is 4.90 Å². The van der Waals surface area contributed by atoms with Gasteiger partial charge in [0.1, 0.15) is 0 Å². The Kier molecular flexibility index (Phi) is 4.35. The lowest BCUT2D eigenvalue weighted by Gasteiger charge is -2.26. The average molecular weight is 242 g/mol. The highest BCUT2D eigenvalue weighted by Gasteiger charge is 2.15. The van der Waals surface area contributed by atoms with Crippen molar-refractivity contribution in [3.05, 3.63) is 35.4 Å². The highest BCUT2D eigenvalue weighted by molar-refractivity contribution is 5.76. The van der Waals surface area contributed by atoms with Crippen LogP contribution in [0.2, 0.25) is 0 Å². The number of benzene rings is 1. The summed E-state index contributed by atoms with van der Waals surface area (Å²) in [6.07, 6.45) is 4.87. The number of hydrogen-bond donors (Lipinski definition) is 0. The zero-order valence-electron chi connectivity index (χ0n) is 10.6. The Bertz CT molecular complexity index is 439. The Morgan fingerprint density at radius 3 is 2.44 bits per heavy atom. The number of hydrogen-bond acceptors (Lipinski definition) is 2. The first-order valence-electron chi connectivity index (χ1n) is 6.56. The molecule has 1 aromatic rings. The predicted octanol–water partition coefficient (Wildman–Crippen LogP) is 2.50. The zero-order chi connectivity index (χ0) is 12.8. The minimum Gasteiger partial charge on any atom is -0.343 e. The van der Waals surface area contributed by atoms with Gasteiger partial charge < -0.3 is 4.90 Å². The Hall–Kier alpha value is -1.82. The predicted molar refractivity (Wildman–Crippen MR) is 69.9 cm³/mol. The molecule has 1 saturated heterocycles. The summed E-state index contributed by atoms with van der Waals surface area (Å²) in [5, 5.41) is 8.71. The Morgan fingerprint density at radius 2 is 1.83 bits per heavy atom. The first-order chi connectivity index (χ1) is 8.79. The summed E-state index contributed by atoms with van der Waals surface area (Å²) in [5.41, 5.74) is 1.79. The third kappa shape index (κ3) is 3.33. The number of nitrogens with zero attached hydrogens (tertiary/aromatic N) is 2. The van der Waals surface area contributed by atoms with Gasteiger partial charge in [0.05, 0.1) is 11.6 Å². The van der Waals surface area contributed by atoms with Gasteiger partial charge in [-0.05, 0) is 43.4 Å². The Balaban J connectivity index is 1.83. The molecule has 0 unspecified atom stereocenters. The van der Waals surface area contributed by atoms with E-state index >= 15 is 0 Å². The van der Waals surface area contributed by atoms with Crippen LogP contribution in [0.15, 0.2) is 24.3 Å². The topological polar surface area (TPSA) is 44.1 Å². The molecule has 3 heteroatoms. The summed E-state index contributed by atoms with van der Waals surface area (Å²) in [6, 6.07) is 9.57. The molecule has 0 aromatic heterocycles. The summed E-state index contributed by atoms with van der Waals surface area (Å²) in [5.74, 6) is 0.263. The van der Waals surface area contributed by atoms with Crippen LogP contribution in [0.5, 0.6) is 0 Å². The van der Waals surface area contributed by atoms with Crippen LogP contribution in [0.3, 0.4) is 0 Å². The highest BCUT2D eigenvalue weighted by Crippen LogP contribution is 2.12. The van der Waals surface area contributed by atoms with Crippen LogP contribution in [0.4, 0.5) is 0 Å². The van der Waals surface area contributed by atoms with Crippen molar-refractivity contribution in [1.29, 1.82) is 5.26 Å². The SMILES string of the molecule is N#Cc1ccc(CCC(=O)N2CCCCC2)cc1. The molecule has 1 aliphatic heterocycles. The molecule has 0 bridgehead atoms. The van der Waals surface area contributed by atoms with Gasteiger partial charge in [0.15, 0.2) is 0 Å². The monoisotopic (exact) mass is 242 g/mol. The number of rotatable bonds is 3. The number of piperidine rings is 1. The van der Waals surface area contributed by atoms with Crippen molar-refractivity contribution in [2.24, 2.45) is 0 Å². The van der Waals surface area contributed by atoms with E-state index in [9.17, 15) is 4.79 Å². The number of nitriles is 1. The van der Waals surface area contributed by atoms with Crippen LogP contribution in [-0.2, 0) is 11.2 Å². The summed E-state index contributed by atoms with van der Waals surface area (Å²) < 4.78 is 0. The van der Waals surface area contributed by atoms with E-state index in [1.54, 1.807) is 12.1 Å². The number of amides is 1. The van der Waals surface area contributed by atoms with E-state index in [0.717, 1.165) is 37.9 Å². The summed E-state index contributed by atoms with van der Waals surface area (Å²) in [6.45, 7) is 1.85. The second kappa shape index (κ2) is 6.20. The second-order valence-corrected chi connectivity index (χ2v) is 4.75.